The number of pyridine rings is 1. The van der Waals surface area contributed by atoms with E-state index in [1.807, 2.05) is 6.20 Å². The summed E-state index contributed by atoms with van der Waals surface area (Å²) in [5, 5.41) is 4.94. The van der Waals surface area contributed by atoms with Gasteiger partial charge in [0.05, 0.1) is 17.6 Å². The third-order valence-corrected chi connectivity index (χ3v) is 10.3. The molecule has 0 aliphatic carbocycles. The van der Waals surface area contributed by atoms with Crippen LogP contribution in [0.2, 0.25) is 0 Å². The highest BCUT2D eigenvalue weighted by molar-refractivity contribution is 7.26. The van der Waals surface area contributed by atoms with E-state index in [9.17, 15) is 0 Å². The average molecular weight is 631 g/mol. The topological polar surface area (TPSA) is 16.1 Å². The van der Waals surface area contributed by atoms with Crippen LogP contribution in [-0.2, 0) is 0 Å². The Morgan fingerprint density at radius 2 is 1.02 bits per heavy atom. The lowest BCUT2D eigenvalue weighted by atomic mass is 9.96. The summed E-state index contributed by atoms with van der Waals surface area (Å²) in [6.45, 7) is 0. The summed E-state index contributed by atoms with van der Waals surface area (Å²) in [6, 6.07) is 63.0. The smallest absolute Gasteiger partial charge is 0.124 e. The molecule has 3 heteroatoms. The van der Waals surface area contributed by atoms with Crippen LogP contribution in [0.4, 0.5) is 17.1 Å². The number of aromatic nitrogens is 1. The van der Waals surface area contributed by atoms with Crippen molar-refractivity contribution in [1.82, 2.24) is 4.98 Å². The van der Waals surface area contributed by atoms with Gasteiger partial charge in [-0.3, -0.25) is 0 Å². The van der Waals surface area contributed by atoms with Gasteiger partial charge in [0.15, 0.2) is 0 Å². The van der Waals surface area contributed by atoms with Crippen molar-refractivity contribution in [2.24, 2.45) is 0 Å². The van der Waals surface area contributed by atoms with Gasteiger partial charge in [0.25, 0.3) is 0 Å². The highest BCUT2D eigenvalue weighted by atomic mass is 32.1. The molecule has 0 atom stereocenters. The van der Waals surface area contributed by atoms with E-state index in [0.717, 1.165) is 33.0 Å². The van der Waals surface area contributed by atoms with Crippen LogP contribution in [-0.4, -0.2) is 4.98 Å². The molecule has 2 heterocycles. The molecule has 226 valence electrons. The molecule has 0 aliphatic rings. The summed E-state index contributed by atoms with van der Waals surface area (Å²) in [5.74, 6) is 0. The summed E-state index contributed by atoms with van der Waals surface area (Å²) in [7, 11) is 0. The van der Waals surface area contributed by atoms with Crippen LogP contribution in [0.3, 0.4) is 0 Å². The summed E-state index contributed by atoms with van der Waals surface area (Å²) in [6.07, 6.45) is 2.03. The molecule has 9 rings (SSSR count). The second-order valence-electron chi connectivity index (χ2n) is 12.0. The van der Waals surface area contributed by atoms with E-state index in [4.69, 9.17) is 4.98 Å². The normalized spacial score (nSPS) is 11.3. The Hall–Kier alpha value is -6.03. The number of hydrogen-bond acceptors (Lipinski definition) is 3. The van der Waals surface area contributed by atoms with Crippen LogP contribution in [0.5, 0.6) is 0 Å². The Morgan fingerprint density at radius 1 is 0.417 bits per heavy atom. The number of thiophene rings is 1. The number of benzene rings is 7. The summed E-state index contributed by atoms with van der Waals surface area (Å²) < 4.78 is 1.28. The van der Waals surface area contributed by atoms with Gasteiger partial charge in [0.1, 0.15) is 4.83 Å². The zero-order chi connectivity index (χ0) is 31.9. The van der Waals surface area contributed by atoms with Gasteiger partial charge in [-0.2, -0.15) is 0 Å². The van der Waals surface area contributed by atoms with Crippen LogP contribution < -0.4 is 4.90 Å². The first-order valence-electron chi connectivity index (χ1n) is 16.2. The molecular weight excluding hydrogens is 601 g/mol. The van der Waals surface area contributed by atoms with Gasteiger partial charge in [0, 0.05) is 26.7 Å². The SMILES string of the molecule is c1ccc(-c2ccc(N(c3cnc4sc5c6ccccc6ccc5c4c3)c3ccc(-c4ccccc4)cc3-c3ccccc3)cc2)cc1. The Bertz CT molecular complexity index is 2540. The molecule has 0 fully saturated rings. The first kappa shape index (κ1) is 28.2. The fraction of sp³-hybridized carbons (Fsp3) is 0. The number of fused-ring (bicyclic) bond motifs is 5. The third kappa shape index (κ3) is 5.02. The predicted octanol–water partition coefficient (Wildman–Crippen LogP) is 13.1. The van der Waals surface area contributed by atoms with Crippen LogP contribution >= 0.6 is 11.3 Å². The highest BCUT2D eigenvalue weighted by Crippen LogP contribution is 2.45. The molecule has 9 aromatic rings. The minimum atomic E-state index is 1.02. The number of hydrogen-bond donors (Lipinski definition) is 0. The maximum Gasteiger partial charge on any atom is 0.124 e. The number of anilines is 3. The largest absolute Gasteiger partial charge is 0.308 e. The van der Waals surface area contributed by atoms with Crippen molar-refractivity contribution >= 4 is 59.5 Å². The molecule has 48 heavy (non-hydrogen) atoms. The number of rotatable bonds is 6. The van der Waals surface area contributed by atoms with Crippen LogP contribution in [0.1, 0.15) is 0 Å². The van der Waals surface area contributed by atoms with Gasteiger partial charge in [-0.1, -0.05) is 146 Å². The van der Waals surface area contributed by atoms with E-state index >= 15 is 0 Å². The maximum absolute atomic E-state index is 5.11. The zero-order valence-corrected chi connectivity index (χ0v) is 26.9. The summed E-state index contributed by atoms with van der Waals surface area (Å²) >= 11 is 1.77. The minimum absolute atomic E-state index is 1.02. The first-order chi connectivity index (χ1) is 23.8. The highest BCUT2D eigenvalue weighted by Gasteiger charge is 2.20. The monoisotopic (exact) mass is 630 g/mol. The van der Waals surface area contributed by atoms with Crippen molar-refractivity contribution < 1.29 is 0 Å². The standard InChI is InChI=1S/C45H30N2S/c1-4-12-31(13-5-1)33-20-24-37(25-21-33)47(38-29-42-40-26-22-35-18-10-11-19-39(35)44(40)48-45(42)46-30-38)43-27-23-36(32-14-6-2-7-15-32)28-41(43)34-16-8-3-9-17-34/h1-30H. The van der Waals surface area contributed by atoms with Crippen molar-refractivity contribution in [3.63, 3.8) is 0 Å². The van der Waals surface area contributed by atoms with Gasteiger partial charge in [0.2, 0.25) is 0 Å². The Balaban J connectivity index is 1.27. The lowest BCUT2D eigenvalue weighted by molar-refractivity contribution is 1.26. The van der Waals surface area contributed by atoms with E-state index < -0.39 is 0 Å². The Labute approximate surface area is 283 Å². The van der Waals surface area contributed by atoms with Crippen LogP contribution in [0.15, 0.2) is 182 Å². The molecule has 0 aliphatic heterocycles. The molecule has 2 nitrogen and oxygen atoms in total. The summed E-state index contributed by atoms with van der Waals surface area (Å²) in [4.78, 5) is 8.52. The van der Waals surface area contributed by atoms with Crippen LogP contribution in [0.25, 0.3) is 64.5 Å². The van der Waals surface area contributed by atoms with Gasteiger partial charge < -0.3 is 4.90 Å². The molecule has 0 bridgehead atoms. The Morgan fingerprint density at radius 3 is 1.75 bits per heavy atom. The fourth-order valence-corrected chi connectivity index (χ4v) is 7.91. The van der Waals surface area contributed by atoms with Crippen molar-refractivity contribution in [2.75, 3.05) is 4.90 Å². The molecule has 7 aromatic carbocycles. The quantitative estimate of drug-likeness (QED) is 0.182. The van der Waals surface area contributed by atoms with Crippen LogP contribution in [0, 0.1) is 0 Å². The average Bonchev–Trinajstić information content (AvgIpc) is 3.55. The molecule has 0 saturated carbocycles. The lowest BCUT2D eigenvalue weighted by Gasteiger charge is -2.28. The third-order valence-electron chi connectivity index (χ3n) is 9.13. The minimum Gasteiger partial charge on any atom is -0.308 e. The van der Waals surface area contributed by atoms with E-state index in [0.29, 0.717) is 0 Å². The zero-order valence-electron chi connectivity index (χ0n) is 26.1. The van der Waals surface area contributed by atoms with Gasteiger partial charge in [-0.15, -0.1) is 11.3 Å². The Kier molecular flexibility index (Phi) is 7.03. The van der Waals surface area contributed by atoms with E-state index in [2.05, 4.69) is 181 Å². The molecule has 2 aromatic heterocycles. The maximum atomic E-state index is 5.11. The summed E-state index contributed by atoms with van der Waals surface area (Å²) in [5.41, 5.74) is 10.3. The van der Waals surface area contributed by atoms with Crippen molar-refractivity contribution in [1.29, 1.82) is 0 Å². The second-order valence-corrected chi connectivity index (χ2v) is 13.0. The molecular formula is C45H30N2S. The fourth-order valence-electron chi connectivity index (χ4n) is 6.75. The van der Waals surface area contributed by atoms with Crippen molar-refractivity contribution in [2.45, 2.75) is 0 Å². The molecule has 0 spiro atoms. The molecule has 0 radical (unpaired) electrons. The van der Waals surface area contributed by atoms with E-state index in [-0.39, 0.29) is 0 Å². The van der Waals surface area contributed by atoms with Gasteiger partial charge >= 0.3 is 0 Å². The van der Waals surface area contributed by atoms with Gasteiger partial charge in [-0.05, 0) is 68.9 Å². The predicted molar refractivity (Wildman–Crippen MR) is 206 cm³/mol. The van der Waals surface area contributed by atoms with E-state index in [1.165, 1.54) is 48.5 Å². The van der Waals surface area contributed by atoms with Crippen molar-refractivity contribution in [3.05, 3.63) is 182 Å². The molecule has 0 amide bonds. The van der Waals surface area contributed by atoms with Gasteiger partial charge in [-0.25, -0.2) is 4.98 Å². The molecule has 0 N–H and O–H groups in total. The molecule has 0 saturated heterocycles. The molecule has 0 unspecified atom stereocenters. The lowest BCUT2D eigenvalue weighted by Crippen LogP contribution is -2.11. The first-order valence-corrected chi connectivity index (χ1v) is 17.0. The van der Waals surface area contributed by atoms with Crippen molar-refractivity contribution in [3.8, 4) is 33.4 Å². The van der Waals surface area contributed by atoms with E-state index in [1.54, 1.807) is 11.3 Å². The second kappa shape index (κ2) is 12.0. The number of nitrogens with zero attached hydrogens (tertiary/aromatic N) is 2.